The number of phenols is 1. The largest absolute Gasteiger partial charge is 0.508 e. The molecule has 1 aliphatic rings. The number of hydrogen-bond donors (Lipinski definition) is 3. The average molecular weight is 319 g/mol. The molecule has 120 valence electrons. The van der Waals surface area contributed by atoms with E-state index in [1.165, 1.54) is 0 Å². The maximum atomic E-state index is 9.40. The third kappa shape index (κ3) is 3.43. The Labute approximate surface area is 139 Å². The van der Waals surface area contributed by atoms with E-state index in [0.29, 0.717) is 17.8 Å². The van der Waals surface area contributed by atoms with Crippen molar-refractivity contribution >= 4 is 17.5 Å². The molecule has 3 aromatic rings. The van der Waals surface area contributed by atoms with E-state index in [9.17, 15) is 5.11 Å². The van der Waals surface area contributed by atoms with Gasteiger partial charge in [-0.15, -0.1) is 0 Å². The van der Waals surface area contributed by atoms with Crippen molar-refractivity contribution in [1.29, 1.82) is 0 Å². The molecule has 0 aliphatic heterocycles. The molecular formula is C18H17N5O. The first kappa shape index (κ1) is 14.4. The van der Waals surface area contributed by atoms with E-state index in [-0.39, 0.29) is 5.75 Å². The molecule has 2 heterocycles. The van der Waals surface area contributed by atoms with E-state index >= 15 is 0 Å². The zero-order valence-electron chi connectivity index (χ0n) is 13.0. The van der Waals surface area contributed by atoms with Crippen LogP contribution in [0.15, 0.2) is 54.9 Å². The molecule has 1 fully saturated rings. The van der Waals surface area contributed by atoms with Gasteiger partial charge in [0.1, 0.15) is 11.6 Å². The van der Waals surface area contributed by atoms with Crippen LogP contribution in [0.4, 0.5) is 17.5 Å². The second-order valence-electron chi connectivity index (χ2n) is 5.79. The van der Waals surface area contributed by atoms with Gasteiger partial charge in [-0.2, -0.15) is 4.98 Å². The van der Waals surface area contributed by atoms with Gasteiger partial charge in [0, 0.05) is 35.8 Å². The van der Waals surface area contributed by atoms with Gasteiger partial charge >= 0.3 is 0 Å². The summed E-state index contributed by atoms with van der Waals surface area (Å²) in [7, 11) is 0. The molecule has 0 amide bonds. The first-order chi connectivity index (χ1) is 11.8. The van der Waals surface area contributed by atoms with Crippen molar-refractivity contribution < 1.29 is 5.11 Å². The molecular weight excluding hydrogens is 302 g/mol. The zero-order valence-corrected chi connectivity index (χ0v) is 13.0. The Balaban J connectivity index is 1.67. The van der Waals surface area contributed by atoms with Crippen LogP contribution in [0.1, 0.15) is 12.8 Å². The quantitative estimate of drug-likeness (QED) is 0.624. The van der Waals surface area contributed by atoms with Crippen molar-refractivity contribution in [1.82, 2.24) is 15.0 Å². The molecule has 0 radical (unpaired) electrons. The first-order valence-electron chi connectivity index (χ1n) is 7.88. The van der Waals surface area contributed by atoms with Crippen molar-refractivity contribution in [2.75, 3.05) is 10.6 Å². The minimum atomic E-state index is 0.232. The van der Waals surface area contributed by atoms with Gasteiger partial charge in [-0.05, 0) is 49.2 Å². The summed E-state index contributed by atoms with van der Waals surface area (Å²) < 4.78 is 0. The van der Waals surface area contributed by atoms with E-state index in [1.807, 2.05) is 18.2 Å². The molecule has 1 aliphatic carbocycles. The molecule has 24 heavy (non-hydrogen) atoms. The average Bonchev–Trinajstić information content (AvgIpc) is 3.42. The van der Waals surface area contributed by atoms with Gasteiger partial charge in [0.25, 0.3) is 0 Å². The monoisotopic (exact) mass is 319 g/mol. The molecule has 1 aromatic carbocycles. The van der Waals surface area contributed by atoms with Crippen LogP contribution >= 0.6 is 0 Å². The highest BCUT2D eigenvalue weighted by Gasteiger charge is 2.22. The highest BCUT2D eigenvalue weighted by Crippen LogP contribution is 2.27. The van der Waals surface area contributed by atoms with Gasteiger partial charge in [0.2, 0.25) is 5.95 Å². The van der Waals surface area contributed by atoms with Gasteiger partial charge < -0.3 is 15.7 Å². The van der Waals surface area contributed by atoms with E-state index in [2.05, 4.69) is 25.6 Å². The Hall–Kier alpha value is -3.15. The molecule has 6 nitrogen and oxygen atoms in total. The van der Waals surface area contributed by atoms with Gasteiger partial charge in [-0.1, -0.05) is 0 Å². The maximum Gasteiger partial charge on any atom is 0.225 e. The number of aromatic hydroxyl groups is 1. The molecule has 0 unspecified atom stereocenters. The normalized spacial score (nSPS) is 13.5. The Bertz CT molecular complexity index is 832. The minimum absolute atomic E-state index is 0.232. The lowest BCUT2D eigenvalue weighted by Gasteiger charge is -2.11. The first-order valence-corrected chi connectivity index (χ1v) is 7.88. The third-order valence-electron chi connectivity index (χ3n) is 3.73. The number of anilines is 3. The van der Waals surface area contributed by atoms with Crippen LogP contribution in [-0.4, -0.2) is 26.1 Å². The fourth-order valence-electron chi connectivity index (χ4n) is 2.34. The summed E-state index contributed by atoms with van der Waals surface area (Å²) in [4.78, 5) is 13.3. The number of nitrogens with zero attached hydrogens (tertiary/aromatic N) is 3. The van der Waals surface area contributed by atoms with Crippen LogP contribution in [-0.2, 0) is 0 Å². The van der Waals surface area contributed by atoms with E-state index in [0.717, 1.165) is 29.8 Å². The summed E-state index contributed by atoms with van der Waals surface area (Å²) in [5, 5.41) is 16.0. The standard InChI is InChI=1S/C18H17N5O/c24-15-7-5-13(6-8-15)20-17-10-16(12-2-1-9-19-11-12)22-18(23-17)21-14-3-4-14/h1-2,5-11,14,24H,3-4H2,(H2,20,21,22,23). The highest BCUT2D eigenvalue weighted by molar-refractivity contribution is 5.67. The predicted octanol–water partition coefficient (Wildman–Crippen LogP) is 3.56. The topological polar surface area (TPSA) is 83.0 Å². The zero-order chi connectivity index (χ0) is 16.4. The van der Waals surface area contributed by atoms with Crippen LogP contribution in [0.25, 0.3) is 11.3 Å². The summed E-state index contributed by atoms with van der Waals surface area (Å²) >= 11 is 0. The van der Waals surface area contributed by atoms with Crippen LogP contribution in [0.5, 0.6) is 5.75 Å². The Morgan fingerprint density at radius 1 is 1.04 bits per heavy atom. The van der Waals surface area contributed by atoms with Crippen LogP contribution in [0.2, 0.25) is 0 Å². The summed E-state index contributed by atoms with van der Waals surface area (Å²) in [5.41, 5.74) is 2.59. The highest BCUT2D eigenvalue weighted by atomic mass is 16.3. The molecule has 1 saturated carbocycles. The lowest BCUT2D eigenvalue weighted by molar-refractivity contribution is 0.475. The molecule has 0 spiro atoms. The molecule has 2 aromatic heterocycles. The smallest absolute Gasteiger partial charge is 0.225 e. The molecule has 6 heteroatoms. The fraction of sp³-hybridized carbons (Fsp3) is 0.167. The van der Waals surface area contributed by atoms with E-state index in [1.54, 1.807) is 36.7 Å². The molecule has 0 saturated heterocycles. The van der Waals surface area contributed by atoms with Crippen molar-refractivity contribution in [3.05, 3.63) is 54.9 Å². The SMILES string of the molecule is Oc1ccc(Nc2cc(-c3cccnc3)nc(NC3CC3)n2)cc1. The second kappa shape index (κ2) is 6.16. The van der Waals surface area contributed by atoms with Crippen LogP contribution < -0.4 is 10.6 Å². The van der Waals surface area contributed by atoms with E-state index < -0.39 is 0 Å². The summed E-state index contributed by atoms with van der Waals surface area (Å²) in [6, 6.07) is 13.1. The fourth-order valence-corrected chi connectivity index (χ4v) is 2.34. The Morgan fingerprint density at radius 3 is 2.58 bits per heavy atom. The lowest BCUT2D eigenvalue weighted by Crippen LogP contribution is -2.07. The Morgan fingerprint density at radius 2 is 1.88 bits per heavy atom. The lowest BCUT2D eigenvalue weighted by atomic mass is 10.2. The number of phenolic OH excluding ortho intramolecular Hbond substituents is 1. The summed E-state index contributed by atoms with van der Waals surface area (Å²) in [6.45, 7) is 0. The predicted molar refractivity (Wildman–Crippen MR) is 93.3 cm³/mol. The van der Waals surface area contributed by atoms with Gasteiger partial charge in [0.05, 0.1) is 5.69 Å². The Kier molecular flexibility index (Phi) is 3.70. The number of hydrogen-bond acceptors (Lipinski definition) is 6. The van der Waals surface area contributed by atoms with Gasteiger partial charge in [-0.25, -0.2) is 4.98 Å². The van der Waals surface area contributed by atoms with Crippen molar-refractivity contribution in [2.24, 2.45) is 0 Å². The summed E-state index contributed by atoms with van der Waals surface area (Å²) in [6.07, 6.45) is 5.83. The van der Waals surface area contributed by atoms with E-state index in [4.69, 9.17) is 0 Å². The van der Waals surface area contributed by atoms with Crippen molar-refractivity contribution in [3.8, 4) is 17.0 Å². The number of nitrogens with one attached hydrogen (secondary N) is 2. The van der Waals surface area contributed by atoms with Crippen LogP contribution in [0, 0.1) is 0 Å². The summed E-state index contributed by atoms with van der Waals surface area (Å²) in [5.74, 6) is 1.54. The molecule has 3 N–H and O–H groups in total. The third-order valence-corrected chi connectivity index (χ3v) is 3.73. The minimum Gasteiger partial charge on any atom is -0.508 e. The number of benzene rings is 1. The molecule has 0 atom stereocenters. The second-order valence-corrected chi connectivity index (χ2v) is 5.79. The van der Waals surface area contributed by atoms with Gasteiger partial charge in [0.15, 0.2) is 0 Å². The number of pyridine rings is 1. The van der Waals surface area contributed by atoms with Gasteiger partial charge in [-0.3, -0.25) is 4.98 Å². The molecule has 0 bridgehead atoms. The maximum absolute atomic E-state index is 9.40. The van der Waals surface area contributed by atoms with Crippen LogP contribution in [0.3, 0.4) is 0 Å². The van der Waals surface area contributed by atoms with Crippen molar-refractivity contribution in [3.63, 3.8) is 0 Å². The number of rotatable bonds is 5. The number of aromatic nitrogens is 3. The molecule has 4 rings (SSSR count). The van der Waals surface area contributed by atoms with Crippen molar-refractivity contribution in [2.45, 2.75) is 18.9 Å².